The van der Waals surface area contributed by atoms with Crippen LogP contribution >= 0.6 is 0 Å². The molecule has 0 aliphatic heterocycles. The Labute approximate surface area is 105 Å². The van der Waals surface area contributed by atoms with Gasteiger partial charge in [-0.2, -0.15) is 0 Å². The van der Waals surface area contributed by atoms with Crippen molar-refractivity contribution in [3.63, 3.8) is 0 Å². The molecule has 1 amide bonds. The van der Waals surface area contributed by atoms with E-state index < -0.39 is 0 Å². The minimum atomic E-state index is -0.276. The number of hydrogen-bond acceptors (Lipinski definition) is 4. The second-order valence-electron chi connectivity index (χ2n) is 4.00. The zero-order chi connectivity index (χ0) is 13.1. The molecule has 2 N–H and O–H groups in total. The van der Waals surface area contributed by atoms with Crippen LogP contribution in [0.1, 0.15) is 21.5 Å². The number of rotatable bonds is 2. The molecule has 0 radical (unpaired) electrons. The molecule has 0 spiro atoms. The maximum absolute atomic E-state index is 12.0. The molecule has 0 atom stereocenters. The predicted octanol–water partition coefficient (Wildman–Crippen LogP) is 2.05. The third-order valence-corrected chi connectivity index (χ3v) is 2.56. The van der Waals surface area contributed by atoms with Crippen LogP contribution in [0.5, 0.6) is 5.75 Å². The lowest BCUT2D eigenvalue weighted by Crippen LogP contribution is -2.13. The molecule has 1 heterocycles. The second-order valence-corrected chi connectivity index (χ2v) is 4.00. The molecule has 0 fully saturated rings. The minimum absolute atomic E-state index is 0.214. The number of aromatic nitrogens is 2. The van der Waals surface area contributed by atoms with Gasteiger partial charge in [0.05, 0.1) is 6.20 Å². The molecule has 0 aliphatic carbocycles. The monoisotopic (exact) mass is 243 g/mol. The van der Waals surface area contributed by atoms with Gasteiger partial charge in [0.15, 0.2) is 5.82 Å². The van der Waals surface area contributed by atoms with Crippen LogP contribution in [0.3, 0.4) is 0 Å². The highest BCUT2D eigenvalue weighted by Crippen LogP contribution is 2.23. The van der Waals surface area contributed by atoms with Crippen LogP contribution in [0.2, 0.25) is 0 Å². The van der Waals surface area contributed by atoms with E-state index in [2.05, 4.69) is 15.3 Å². The number of aryl methyl sites for hydroxylation is 2. The molecule has 18 heavy (non-hydrogen) atoms. The molecule has 5 heteroatoms. The molecular formula is C13H13N3O2. The van der Waals surface area contributed by atoms with E-state index in [1.165, 1.54) is 18.6 Å². The first-order valence-electron chi connectivity index (χ1n) is 5.45. The van der Waals surface area contributed by atoms with Gasteiger partial charge in [-0.1, -0.05) is 0 Å². The Morgan fingerprint density at radius 3 is 2.44 bits per heavy atom. The molecular weight excluding hydrogens is 230 g/mol. The van der Waals surface area contributed by atoms with E-state index in [4.69, 9.17) is 0 Å². The SMILES string of the molecule is Cc1cc(C(=O)Nc2cnccn2)cc(C)c1O. The maximum atomic E-state index is 12.0. The number of carbonyl (C=O) groups is 1. The number of hydrogen-bond donors (Lipinski definition) is 2. The van der Waals surface area contributed by atoms with Crippen molar-refractivity contribution in [1.82, 2.24) is 9.97 Å². The summed E-state index contributed by atoms with van der Waals surface area (Å²) in [7, 11) is 0. The van der Waals surface area contributed by atoms with Crippen molar-refractivity contribution in [2.75, 3.05) is 5.32 Å². The van der Waals surface area contributed by atoms with E-state index >= 15 is 0 Å². The van der Waals surface area contributed by atoms with Gasteiger partial charge in [-0.05, 0) is 37.1 Å². The van der Waals surface area contributed by atoms with Crippen LogP contribution in [-0.4, -0.2) is 21.0 Å². The van der Waals surface area contributed by atoms with Crippen LogP contribution in [0.4, 0.5) is 5.82 Å². The topological polar surface area (TPSA) is 75.1 Å². The van der Waals surface area contributed by atoms with Crippen LogP contribution in [-0.2, 0) is 0 Å². The highest BCUT2D eigenvalue weighted by molar-refractivity contribution is 6.04. The quantitative estimate of drug-likeness (QED) is 0.846. The van der Waals surface area contributed by atoms with Crippen LogP contribution < -0.4 is 5.32 Å². The molecule has 2 rings (SSSR count). The maximum Gasteiger partial charge on any atom is 0.256 e. The normalized spacial score (nSPS) is 10.1. The van der Waals surface area contributed by atoms with E-state index in [1.807, 2.05) is 0 Å². The van der Waals surface area contributed by atoms with Gasteiger partial charge in [0.2, 0.25) is 0 Å². The fourth-order valence-corrected chi connectivity index (χ4v) is 1.64. The fraction of sp³-hybridized carbons (Fsp3) is 0.154. The lowest BCUT2D eigenvalue weighted by Gasteiger charge is -2.08. The number of amides is 1. The van der Waals surface area contributed by atoms with Crippen LogP contribution in [0.15, 0.2) is 30.7 Å². The second kappa shape index (κ2) is 4.83. The van der Waals surface area contributed by atoms with Gasteiger partial charge in [0.25, 0.3) is 5.91 Å². The number of anilines is 1. The summed E-state index contributed by atoms with van der Waals surface area (Å²) in [5, 5.41) is 12.3. The van der Waals surface area contributed by atoms with E-state index in [9.17, 15) is 9.90 Å². The van der Waals surface area contributed by atoms with Crippen molar-refractivity contribution in [3.8, 4) is 5.75 Å². The average molecular weight is 243 g/mol. The number of nitrogens with zero attached hydrogens (tertiary/aromatic N) is 2. The number of phenols is 1. The zero-order valence-electron chi connectivity index (χ0n) is 10.1. The standard InChI is InChI=1S/C13H13N3O2/c1-8-5-10(6-9(2)12(8)17)13(18)16-11-7-14-3-4-15-11/h3-7,17H,1-2H3,(H,15,16,18). The summed E-state index contributed by atoms with van der Waals surface area (Å²) in [5.41, 5.74) is 1.81. The summed E-state index contributed by atoms with van der Waals surface area (Å²) in [5.74, 6) is 0.332. The number of benzene rings is 1. The molecule has 0 aliphatic rings. The number of phenolic OH excluding ortho intramolecular Hbond substituents is 1. The summed E-state index contributed by atoms with van der Waals surface area (Å²) in [6.45, 7) is 3.50. The first-order valence-corrected chi connectivity index (χ1v) is 5.45. The molecule has 5 nitrogen and oxygen atoms in total. The van der Waals surface area contributed by atoms with Crippen molar-refractivity contribution in [2.45, 2.75) is 13.8 Å². The van der Waals surface area contributed by atoms with Crippen LogP contribution in [0.25, 0.3) is 0 Å². The smallest absolute Gasteiger partial charge is 0.256 e. The minimum Gasteiger partial charge on any atom is -0.507 e. The largest absolute Gasteiger partial charge is 0.507 e. The van der Waals surface area contributed by atoms with Crippen molar-refractivity contribution < 1.29 is 9.90 Å². The number of aromatic hydroxyl groups is 1. The Kier molecular flexibility index (Phi) is 3.23. The van der Waals surface area contributed by atoms with Gasteiger partial charge >= 0.3 is 0 Å². The van der Waals surface area contributed by atoms with Gasteiger partial charge in [0, 0.05) is 18.0 Å². The summed E-state index contributed by atoms with van der Waals surface area (Å²) in [6, 6.07) is 3.27. The molecule has 0 bridgehead atoms. The fourth-order valence-electron chi connectivity index (χ4n) is 1.64. The molecule has 2 aromatic rings. The Balaban J connectivity index is 2.25. The highest BCUT2D eigenvalue weighted by atomic mass is 16.3. The van der Waals surface area contributed by atoms with E-state index in [-0.39, 0.29) is 11.7 Å². The third-order valence-electron chi connectivity index (χ3n) is 2.56. The van der Waals surface area contributed by atoms with Gasteiger partial charge < -0.3 is 10.4 Å². The molecule has 1 aromatic carbocycles. The zero-order valence-corrected chi connectivity index (χ0v) is 10.1. The number of nitrogens with one attached hydrogen (secondary N) is 1. The van der Waals surface area contributed by atoms with Crippen molar-refractivity contribution in [2.24, 2.45) is 0 Å². The van der Waals surface area contributed by atoms with Crippen molar-refractivity contribution in [3.05, 3.63) is 47.4 Å². The lowest BCUT2D eigenvalue weighted by molar-refractivity contribution is 0.102. The van der Waals surface area contributed by atoms with E-state index in [0.29, 0.717) is 22.5 Å². The predicted molar refractivity (Wildman–Crippen MR) is 67.6 cm³/mol. The van der Waals surface area contributed by atoms with Crippen molar-refractivity contribution in [1.29, 1.82) is 0 Å². The van der Waals surface area contributed by atoms with Gasteiger partial charge in [-0.15, -0.1) is 0 Å². The molecule has 0 saturated carbocycles. The Hall–Kier alpha value is -2.43. The Bertz CT molecular complexity index is 559. The Morgan fingerprint density at radius 1 is 1.22 bits per heavy atom. The van der Waals surface area contributed by atoms with E-state index in [0.717, 1.165) is 0 Å². The highest BCUT2D eigenvalue weighted by Gasteiger charge is 2.10. The lowest BCUT2D eigenvalue weighted by atomic mass is 10.1. The summed E-state index contributed by atoms with van der Waals surface area (Å²) in [4.78, 5) is 19.8. The van der Waals surface area contributed by atoms with Crippen molar-refractivity contribution >= 4 is 11.7 Å². The molecule has 0 saturated heterocycles. The van der Waals surface area contributed by atoms with E-state index in [1.54, 1.807) is 26.0 Å². The third kappa shape index (κ3) is 2.45. The van der Waals surface area contributed by atoms with Gasteiger partial charge in [-0.3, -0.25) is 9.78 Å². The van der Waals surface area contributed by atoms with Gasteiger partial charge in [-0.25, -0.2) is 4.98 Å². The summed E-state index contributed by atoms with van der Waals surface area (Å²) < 4.78 is 0. The first kappa shape index (κ1) is 12.0. The first-order chi connectivity index (χ1) is 8.58. The average Bonchev–Trinajstić information content (AvgIpc) is 2.36. The molecule has 1 aromatic heterocycles. The summed E-state index contributed by atoms with van der Waals surface area (Å²) >= 11 is 0. The Morgan fingerprint density at radius 2 is 1.89 bits per heavy atom. The molecule has 92 valence electrons. The molecule has 0 unspecified atom stereocenters. The summed E-state index contributed by atoms with van der Waals surface area (Å²) in [6.07, 6.45) is 4.51. The van der Waals surface area contributed by atoms with Gasteiger partial charge in [0.1, 0.15) is 5.75 Å². The number of carbonyl (C=O) groups excluding carboxylic acids is 1. The van der Waals surface area contributed by atoms with Crippen LogP contribution in [0, 0.1) is 13.8 Å².